The predicted octanol–water partition coefficient (Wildman–Crippen LogP) is 2.74. The molecule has 1 unspecified atom stereocenters. The highest BCUT2D eigenvalue weighted by molar-refractivity contribution is 7.98. The molecule has 1 aromatic carbocycles. The Morgan fingerprint density at radius 3 is 2.71 bits per heavy atom. The zero-order valence-corrected chi connectivity index (χ0v) is 11.3. The second kappa shape index (κ2) is 7.22. The van der Waals surface area contributed by atoms with Gasteiger partial charge in [-0.05, 0) is 6.07 Å². The van der Waals surface area contributed by atoms with E-state index in [-0.39, 0.29) is 11.9 Å². The Bertz CT molecular complexity index is 365. The number of para-hydroxylation sites is 1. The lowest BCUT2D eigenvalue weighted by Crippen LogP contribution is -2.14. The SMILES string of the molecule is COC(=O)C(C)CSCc1ccccc1OC. The van der Waals surface area contributed by atoms with Crippen LogP contribution >= 0.6 is 11.8 Å². The molecule has 3 nitrogen and oxygen atoms in total. The van der Waals surface area contributed by atoms with Crippen LogP contribution in [0.2, 0.25) is 0 Å². The van der Waals surface area contributed by atoms with E-state index in [9.17, 15) is 4.79 Å². The summed E-state index contributed by atoms with van der Waals surface area (Å²) in [7, 11) is 3.09. The van der Waals surface area contributed by atoms with Crippen molar-refractivity contribution in [2.24, 2.45) is 5.92 Å². The summed E-state index contributed by atoms with van der Waals surface area (Å²) in [5.74, 6) is 2.26. The largest absolute Gasteiger partial charge is 0.496 e. The third-order valence-electron chi connectivity index (χ3n) is 2.42. The summed E-state index contributed by atoms with van der Waals surface area (Å²) < 4.78 is 9.95. The Kier molecular flexibility index (Phi) is 5.91. The van der Waals surface area contributed by atoms with E-state index >= 15 is 0 Å². The molecule has 0 bridgehead atoms. The van der Waals surface area contributed by atoms with E-state index < -0.39 is 0 Å². The summed E-state index contributed by atoms with van der Waals surface area (Å²) in [4.78, 5) is 11.2. The molecule has 0 saturated heterocycles. The van der Waals surface area contributed by atoms with Gasteiger partial charge in [0.25, 0.3) is 0 Å². The Morgan fingerprint density at radius 1 is 1.35 bits per heavy atom. The maximum Gasteiger partial charge on any atom is 0.309 e. The van der Waals surface area contributed by atoms with Gasteiger partial charge in [-0.15, -0.1) is 0 Å². The predicted molar refractivity (Wildman–Crippen MR) is 70.3 cm³/mol. The second-order valence-electron chi connectivity index (χ2n) is 3.75. The van der Waals surface area contributed by atoms with Crippen molar-refractivity contribution in [3.05, 3.63) is 29.8 Å². The maximum absolute atomic E-state index is 11.2. The van der Waals surface area contributed by atoms with Crippen LogP contribution in [0.25, 0.3) is 0 Å². The van der Waals surface area contributed by atoms with Gasteiger partial charge in [0.1, 0.15) is 5.75 Å². The first kappa shape index (κ1) is 13.9. The molecule has 0 N–H and O–H groups in total. The molecule has 94 valence electrons. The molecule has 0 aliphatic heterocycles. The number of carbonyl (C=O) groups is 1. The molecule has 1 atom stereocenters. The monoisotopic (exact) mass is 254 g/mol. The number of thioether (sulfide) groups is 1. The molecule has 0 aromatic heterocycles. The van der Waals surface area contributed by atoms with Crippen molar-refractivity contribution in [1.82, 2.24) is 0 Å². The molecule has 1 aromatic rings. The Hall–Kier alpha value is -1.16. The first-order valence-electron chi connectivity index (χ1n) is 5.46. The van der Waals surface area contributed by atoms with Gasteiger partial charge in [-0.3, -0.25) is 4.79 Å². The molecular weight excluding hydrogens is 236 g/mol. The number of rotatable bonds is 6. The minimum atomic E-state index is -0.155. The smallest absolute Gasteiger partial charge is 0.309 e. The molecule has 1 rings (SSSR count). The van der Waals surface area contributed by atoms with E-state index in [2.05, 4.69) is 4.74 Å². The van der Waals surface area contributed by atoms with Gasteiger partial charge in [-0.1, -0.05) is 25.1 Å². The lowest BCUT2D eigenvalue weighted by atomic mass is 10.2. The fraction of sp³-hybridized carbons (Fsp3) is 0.462. The third-order valence-corrected chi connectivity index (χ3v) is 3.67. The molecule has 0 amide bonds. The Morgan fingerprint density at radius 2 is 2.06 bits per heavy atom. The van der Waals surface area contributed by atoms with Crippen molar-refractivity contribution in [1.29, 1.82) is 0 Å². The highest BCUT2D eigenvalue weighted by Crippen LogP contribution is 2.23. The molecule has 0 radical (unpaired) electrons. The minimum absolute atomic E-state index is 0.0697. The van der Waals surface area contributed by atoms with Crippen LogP contribution in [0.1, 0.15) is 12.5 Å². The van der Waals surface area contributed by atoms with Gasteiger partial charge in [0.15, 0.2) is 0 Å². The van der Waals surface area contributed by atoms with E-state index in [1.54, 1.807) is 18.9 Å². The lowest BCUT2D eigenvalue weighted by Gasteiger charge is -2.10. The zero-order valence-electron chi connectivity index (χ0n) is 10.4. The third kappa shape index (κ3) is 4.30. The van der Waals surface area contributed by atoms with Crippen LogP contribution in [0.4, 0.5) is 0 Å². The molecule has 0 spiro atoms. The average Bonchev–Trinajstić information content (AvgIpc) is 2.38. The number of benzene rings is 1. The van der Waals surface area contributed by atoms with Crippen molar-refractivity contribution < 1.29 is 14.3 Å². The number of ether oxygens (including phenoxy) is 2. The number of esters is 1. The molecule has 0 aliphatic carbocycles. The average molecular weight is 254 g/mol. The maximum atomic E-state index is 11.2. The lowest BCUT2D eigenvalue weighted by molar-refractivity contribution is -0.143. The van der Waals surface area contributed by atoms with Crippen LogP contribution in [-0.4, -0.2) is 25.9 Å². The van der Waals surface area contributed by atoms with Crippen LogP contribution in [0.5, 0.6) is 5.75 Å². The number of methoxy groups -OCH3 is 2. The van der Waals surface area contributed by atoms with Gasteiger partial charge in [0, 0.05) is 17.1 Å². The van der Waals surface area contributed by atoms with Gasteiger partial charge < -0.3 is 9.47 Å². The van der Waals surface area contributed by atoms with Crippen LogP contribution in [0, 0.1) is 5.92 Å². The number of hydrogen-bond acceptors (Lipinski definition) is 4. The summed E-state index contributed by atoms with van der Waals surface area (Å²) in [6, 6.07) is 7.92. The van der Waals surface area contributed by atoms with Gasteiger partial charge >= 0.3 is 5.97 Å². The summed E-state index contributed by atoms with van der Waals surface area (Å²) >= 11 is 1.71. The molecule has 0 aliphatic rings. The topological polar surface area (TPSA) is 35.5 Å². The molecule has 17 heavy (non-hydrogen) atoms. The Labute approximate surface area is 106 Å². The zero-order chi connectivity index (χ0) is 12.7. The summed E-state index contributed by atoms with van der Waals surface area (Å²) in [6.07, 6.45) is 0. The van der Waals surface area contributed by atoms with Gasteiger partial charge in [0.2, 0.25) is 0 Å². The normalized spacial score (nSPS) is 11.9. The second-order valence-corrected chi connectivity index (χ2v) is 4.78. The molecule has 0 fully saturated rings. The van der Waals surface area contributed by atoms with Crippen LogP contribution in [0.3, 0.4) is 0 Å². The highest BCUT2D eigenvalue weighted by Gasteiger charge is 2.13. The fourth-order valence-electron chi connectivity index (χ4n) is 1.44. The van der Waals surface area contributed by atoms with Gasteiger partial charge in [0.05, 0.1) is 20.1 Å². The van der Waals surface area contributed by atoms with Crippen molar-refractivity contribution in [3.63, 3.8) is 0 Å². The van der Waals surface area contributed by atoms with Crippen LogP contribution < -0.4 is 4.74 Å². The van der Waals surface area contributed by atoms with Crippen LogP contribution in [0.15, 0.2) is 24.3 Å². The van der Waals surface area contributed by atoms with E-state index in [0.29, 0.717) is 0 Å². The van der Waals surface area contributed by atoms with Crippen molar-refractivity contribution >= 4 is 17.7 Å². The van der Waals surface area contributed by atoms with Gasteiger partial charge in [-0.25, -0.2) is 0 Å². The first-order valence-corrected chi connectivity index (χ1v) is 6.62. The standard InChI is InChI=1S/C13H18O3S/c1-10(13(14)16-3)8-17-9-11-6-4-5-7-12(11)15-2/h4-7,10H,8-9H2,1-3H3. The summed E-state index contributed by atoms with van der Waals surface area (Å²) in [5.41, 5.74) is 1.15. The van der Waals surface area contributed by atoms with E-state index in [0.717, 1.165) is 22.8 Å². The van der Waals surface area contributed by atoms with Crippen molar-refractivity contribution in [3.8, 4) is 5.75 Å². The van der Waals surface area contributed by atoms with Crippen LogP contribution in [-0.2, 0) is 15.3 Å². The summed E-state index contributed by atoms with van der Waals surface area (Å²) in [6.45, 7) is 1.88. The van der Waals surface area contributed by atoms with Crippen molar-refractivity contribution in [2.45, 2.75) is 12.7 Å². The van der Waals surface area contributed by atoms with Crippen molar-refractivity contribution in [2.75, 3.05) is 20.0 Å². The molecule has 0 heterocycles. The van der Waals surface area contributed by atoms with E-state index in [1.165, 1.54) is 7.11 Å². The quantitative estimate of drug-likeness (QED) is 0.731. The fourth-order valence-corrected chi connectivity index (χ4v) is 2.50. The molecule has 4 heteroatoms. The number of hydrogen-bond donors (Lipinski definition) is 0. The molecular formula is C13H18O3S. The minimum Gasteiger partial charge on any atom is -0.496 e. The van der Waals surface area contributed by atoms with E-state index in [4.69, 9.17) is 4.74 Å². The van der Waals surface area contributed by atoms with E-state index in [1.807, 2.05) is 31.2 Å². The molecule has 0 saturated carbocycles. The first-order chi connectivity index (χ1) is 8.19. The summed E-state index contributed by atoms with van der Waals surface area (Å²) in [5, 5.41) is 0. The van der Waals surface area contributed by atoms with Gasteiger partial charge in [-0.2, -0.15) is 11.8 Å². The Balaban J connectivity index is 2.43. The number of carbonyl (C=O) groups excluding carboxylic acids is 1. The highest BCUT2D eigenvalue weighted by atomic mass is 32.2.